The summed E-state index contributed by atoms with van der Waals surface area (Å²) in [6, 6.07) is 7.06. The molecule has 0 radical (unpaired) electrons. The lowest BCUT2D eigenvalue weighted by Crippen LogP contribution is -2.23. The fourth-order valence-electron chi connectivity index (χ4n) is 2.54. The zero-order valence-electron chi connectivity index (χ0n) is 18.2. The van der Waals surface area contributed by atoms with Crippen LogP contribution in [0.15, 0.2) is 41.3 Å². The maximum atomic E-state index is 12.3. The number of benzene rings is 2. The summed E-state index contributed by atoms with van der Waals surface area (Å²) in [4.78, 5) is 24.1. The highest BCUT2D eigenvalue weighted by Gasteiger charge is 2.19. The zero-order valence-corrected chi connectivity index (χ0v) is 20.5. The van der Waals surface area contributed by atoms with E-state index in [9.17, 15) is 18.0 Å². The Labute approximate surface area is 201 Å². The van der Waals surface area contributed by atoms with Gasteiger partial charge >= 0.3 is 5.97 Å². The van der Waals surface area contributed by atoms with Gasteiger partial charge in [-0.15, -0.1) is 0 Å². The van der Waals surface area contributed by atoms with Crippen LogP contribution in [-0.4, -0.2) is 59.5 Å². The number of nitrogens with one attached hydrogen (secondary N) is 1. The maximum absolute atomic E-state index is 12.3. The molecule has 178 valence electrons. The van der Waals surface area contributed by atoms with Gasteiger partial charge in [-0.1, -0.05) is 23.2 Å². The third-order valence-electron chi connectivity index (χ3n) is 4.20. The molecule has 2 aromatic rings. The second-order valence-corrected chi connectivity index (χ2v) is 9.62. The van der Waals surface area contributed by atoms with Crippen LogP contribution in [0.1, 0.15) is 5.56 Å². The predicted molar refractivity (Wildman–Crippen MR) is 126 cm³/mol. The minimum absolute atomic E-state index is 0.0549. The molecule has 2 aromatic carbocycles. The fourth-order valence-corrected chi connectivity index (χ4v) is 3.93. The molecule has 9 nitrogen and oxygen atoms in total. The van der Waals surface area contributed by atoms with Crippen molar-refractivity contribution in [1.29, 1.82) is 0 Å². The van der Waals surface area contributed by atoms with E-state index < -0.39 is 28.5 Å². The molecule has 0 bridgehead atoms. The van der Waals surface area contributed by atoms with Crippen molar-refractivity contribution in [3.63, 3.8) is 0 Å². The average Bonchev–Trinajstić information content (AvgIpc) is 2.76. The summed E-state index contributed by atoms with van der Waals surface area (Å²) in [6.45, 7) is -0.614. The van der Waals surface area contributed by atoms with Gasteiger partial charge in [-0.2, -0.15) is 0 Å². The van der Waals surface area contributed by atoms with E-state index in [1.807, 2.05) is 0 Å². The van der Waals surface area contributed by atoms with Crippen molar-refractivity contribution in [3.05, 3.63) is 52.0 Å². The molecular weight excluding hydrogens is 495 g/mol. The van der Waals surface area contributed by atoms with E-state index in [2.05, 4.69) is 5.32 Å². The van der Waals surface area contributed by atoms with Crippen LogP contribution >= 0.6 is 23.2 Å². The zero-order chi connectivity index (χ0) is 24.8. The summed E-state index contributed by atoms with van der Waals surface area (Å²) in [5, 5.41) is 2.84. The Morgan fingerprint density at radius 2 is 1.76 bits per heavy atom. The molecule has 1 amide bonds. The molecule has 33 heavy (non-hydrogen) atoms. The van der Waals surface area contributed by atoms with Crippen LogP contribution in [0.3, 0.4) is 0 Å². The largest absolute Gasteiger partial charge is 0.493 e. The summed E-state index contributed by atoms with van der Waals surface area (Å²) >= 11 is 12.2. The number of halogens is 2. The molecule has 0 atom stereocenters. The summed E-state index contributed by atoms with van der Waals surface area (Å²) in [6.07, 6.45) is 2.54. The highest BCUT2D eigenvalue weighted by molar-refractivity contribution is 7.89. The molecule has 0 saturated heterocycles. The van der Waals surface area contributed by atoms with E-state index >= 15 is 0 Å². The molecule has 0 heterocycles. The third kappa shape index (κ3) is 6.84. The number of rotatable bonds is 9. The van der Waals surface area contributed by atoms with E-state index in [-0.39, 0.29) is 15.6 Å². The highest BCUT2D eigenvalue weighted by Crippen LogP contribution is 2.36. The minimum atomic E-state index is -3.72. The van der Waals surface area contributed by atoms with Crippen molar-refractivity contribution in [1.82, 2.24) is 4.31 Å². The summed E-state index contributed by atoms with van der Waals surface area (Å²) < 4.78 is 40.8. The second-order valence-electron chi connectivity index (χ2n) is 6.66. The number of esters is 1. The molecule has 0 spiro atoms. The van der Waals surface area contributed by atoms with Crippen LogP contribution in [0.2, 0.25) is 10.0 Å². The van der Waals surface area contributed by atoms with Crippen molar-refractivity contribution < 1.29 is 32.2 Å². The van der Waals surface area contributed by atoms with E-state index in [0.29, 0.717) is 22.1 Å². The molecule has 2 rings (SSSR count). The topological polar surface area (TPSA) is 111 Å². The number of hydrogen-bond acceptors (Lipinski definition) is 7. The average molecular weight is 517 g/mol. The van der Waals surface area contributed by atoms with Crippen LogP contribution < -0.4 is 14.8 Å². The highest BCUT2D eigenvalue weighted by atomic mass is 35.5. The molecule has 0 saturated carbocycles. The van der Waals surface area contributed by atoms with Gasteiger partial charge in [0.25, 0.3) is 5.91 Å². The predicted octanol–water partition coefficient (Wildman–Crippen LogP) is 3.46. The Morgan fingerprint density at radius 3 is 2.36 bits per heavy atom. The van der Waals surface area contributed by atoms with Crippen LogP contribution in [0, 0.1) is 0 Å². The van der Waals surface area contributed by atoms with Crippen molar-refractivity contribution >= 4 is 56.9 Å². The summed E-state index contributed by atoms with van der Waals surface area (Å²) in [5.41, 5.74) is 0.612. The van der Waals surface area contributed by atoms with Crippen LogP contribution in [0.5, 0.6) is 11.5 Å². The summed E-state index contributed by atoms with van der Waals surface area (Å²) in [7, 11) is 1.94. The number of carbonyl (C=O) groups excluding carboxylic acids is 2. The Kier molecular flexibility index (Phi) is 9.12. The standard InChI is InChI=1S/C21H22Cl2N2O7S/c1-25(2)33(28,29)14-6-7-15(22)17(11-14)24-19(26)12-32-20(27)8-5-13-9-16(23)21(31-4)18(10-13)30-3/h5-11H,12H2,1-4H3,(H,24,26)/b8-5+. The SMILES string of the molecule is COc1cc(/C=C/C(=O)OCC(=O)Nc2cc(S(=O)(=O)N(C)C)ccc2Cl)cc(Cl)c1OC. The number of ether oxygens (including phenoxy) is 3. The Bertz CT molecular complexity index is 1180. The Hall–Kier alpha value is -2.79. The molecule has 0 aliphatic rings. The van der Waals surface area contributed by atoms with Crippen molar-refractivity contribution in [2.24, 2.45) is 0 Å². The van der Waals surface area contributed by atoms with Gasteiger partial charge in [0.05, 0.1) is 34.8 Å². The normalized spacial score (nSPS) is 11.5. The van der Waals surface area contributed by atoms with Gasteiger partial charge in [-0.05, 0) is 42.0 Å². The number of methoxy groups -OCH3 is 2. The number of sulfonamides is 1. The van der Waals surface area contributed by atoms with E-state index in [1.165, 1.54) is 52.6 Å². The van der Waals surface area contributed by atoms with Crippen LogP contribution in [-0.2, 0) is 24.3 Å². The van der Waals surface area contributed by atoms with E-state index in [4.69, 9.17) is 37.4 Å². The smallest absolute Gasteiger partial charge is 0.331 e. The molecular formula is C21H22Cl2N2O7S. The molecule has 0 aliphatic heterocycles. The minimum Gasteiger partial charge on any atom is -0.493 e. The quantitative estimate of drug-likeness (QED) is 0.401. The molecule has 0 fully saturated rings. The monoisotopic (exact) mass is 516 g/mol. The molecule has 12 heteroatoms. The molecule has 0 aromatic heterocycles. The Morgan fingerprint density at radius 1 is 1.06 bits per heavy atom. The van der Waals surface area contributed by atoms with Gasteiger partial charge in [0.2, 0.25) is 10.0 Å². The number of amides is 1. The Balaban J connectivity index is 2.02. The molecule has 1 N–H and O–H groups in total. The number of anilines is 1. The van der Waals surface area contributed by atoms with Gasteiger partial charge in [-0.25, -0.2) is 17.5 Å². The van der Waals surface area contributed by atoms with Crippen LogP contribution in [0.4, 0.5) is 5.69 Å². The van der Waals surface area contributed by atoms with E-state index in [0.717, 1.165) is 10.4 Å². The number of nitrogens with zero attached hydrogens (tertiary/aromatic N) is 1. The van der Waals surface area contributed by atoms with Crippen molar-refractivity contribution in [2.75, 3.05) is 40.2 Å². The maximum Gasteiger partial charge on any atom is 0.331 e. The van der Waals surface area contributed by atoms with Gasteiger partial charge in [-0.3, -0.25) is 4.79 Å². The number of hydrogen-bond donors (Lipinski definition) is 1. The van der Waals surface area contributed by atoms with Gasteiger partial charge in [0, 0.05) is 20.2 Å². The number of carbonyl (C=O) groups is 2. The lowest BCUT2D eigenvalue weighted by molar-refractivity contribution is -0.142. The van der Waals surface area contributed by atoms with Crippen molar-refractivity contribution in [3.8, 4) is 11.5 Å². The van der Waals surface area contributed by atoms with Gasteiger partial charge in [0.1, 0.15) is 0 Å². The van der Waals surface area contributed by atoms with Crippen molar-refractivity contribution in [2.45, 2.75) is 4.90 Å². The van der Waals surface area contributed by atoms with Gasteiger partial charge < -0.3 is 19.5 Å². The lowest BCUT2D eigenvalue weighted by atomic mass is 10.2. The van der Waals surface area contributed by atoms with Gasteiger partial charge in [0.15, 0.2) is 18.1 Å². The first-order valence-corrected chi connectivity index (χ1v) is 11.5. The first kappa shape index (κ1) is 26.5. The third-order valence-corrected chi connectivity index (χ3v) is 6.63. The lowest BCUT2D eigenvalue weighted by Gasteiger charge is -2.13. The van der Waals surface area contributed by atoms with Crippen LogP contribution in [0.25, 0.3) is 6.08 Å². The molecule has 0 unspecified atom stereocenters. The first-order valence-electron chi connectivity index (χ1n) is 9.28. The second kappa shape index (κ2) is 11.4. The first-order chi connectivity index (χ1) is 15.5. The molecule has 0 aliphatic carbocycles. The van der Waals surface area contributed by atoms with E-state index in [1.54, 1.807) is 12.1 Å². The fraction of sp³-hybridized carbons (Fsp3) is 0.238. The summed E-state index contributed by atoms with van der Waals surface area (Å²) in [5.74, 6) is -0.747.